The summed E-state index contributed by atoms with van der Waals surface area (Å²) in [5.74, 6) is 5.67. The fourth-order valence-corrected chi connectivity index (χ4v) is 2.42. The Hall–Kier alpha value is -1.23. The lowest BCUT2D eigenvalue weighted by Gasteiger charge is -2.11. The number of aliphatic hydroxyl groups excluding tert-OH is 1. The number of unbranched alkanes of at least 4 members (excludes halogenated alkanes) is 5. The van der Waals surface area contributed by atoms with E-state index in [0.29, 0.717) is 0 Å². The molecule has 0 aromatic heterocycles. The van der Waals surface area contributed by atoms with Gasteiger partial charge in [-0.3, -0.25) is 0 Å². The van der Waals surface area contributed by atoms with Gasteiger partial charge in [-0.2, -0.15) is 0 Å². The maximum atomic E-state index is 9.92. The molecule has 0 saturated heterocycles. The van der Waals surface area contributed by atoms with Crippen LogP contribution in [-0.2, 0) is 0 Å². The molecule has 1 aromatic carbocycles. The number of aliphatic hydroxyl groups is 1. The quantitative estimate of drug-likeness (QED) is 0.366. The van der Waals surface area contributed by atoms with E-state index in [9.17, 15) is 5.11 Å². The highest BCUT2D eigenvalue weighted by atomic mass is 35.5. The predicted molar refractivity (Wildman–Crippen MR) is 96.9 cm³/mol. The number of hydrogen-bond donors (Lipinski definition) is 1. The van der Waals surface area contributed by atoms with Crippen LogP contribution in [0.1, 0.15) is 57.4 Å². The fourth-order valence-electron chi connectivity index (χ4n) is 2.20. The SMILES string of the molecule is CCCCCCCC[C@H](Cl)[C@@H](O)C#C/C=C/c1ccccc1. The standard InChI is InChI=1S/C20H27ClO/c1-2-3-4-5-6-10-16-19(21)20(22)17-12-11-15-18-13-8-7-9-14-18/h7-9,11,13-15,19-20,22H,2-6,10,16H2,1H3/b15-11+/t19-,20-/m0/s1. The van der Waals surface area contributed by atoms with E-state index in [0.717, 1.165) is 18.4 Å². The first-order valence-corrected chi connectivity index (χ1v) is 8.72. The van der Waals surface area contributed by atoms with Crippen molar-refractivity contribution in [1.82, 2.24) is 0 Å². The molecule has 1 rings (SSSR count). The zero-order valence-corrected chi connectivity index (χ0v) is 14.2. The van der Waals surface area contributed by atoms with Gasteiger partial charge in [-0.1, -0.05) is 87.6 Å². The summed E-state index contributed by atoms with van der Waals surface area (Å²) in [6, 6.07) is 9.97. The van der Waals surface area contributed by atoms with Gasteiger partial charge in [0.25, 0.3) is 0 Å². The van der Waals surface area contributed by atoms with Gasteiger partial charge in [0.1, 0.15) is 6.10 Å². The molecule has 0 radical (unpaired) electrons. The van der Waals surface area contributed by atoms with E-state index in [-0.39, 0.29) is 5.38 Å². The van der Waals surface area contributed by atoms with E-state index in [4.69, 9.17) is 11.6 Å². The molecule has 0 spiro atoms. The molecule has 0 unspecified atom stereocenters. The van der Waals surface area contributed by atoms with Gasteiger partial charge < -0.3 is 5.11 Å². The largest absolute Gasteiger partial charge is 0.379 e. The van der Waals surface area contributed by atoms with Gasteiger partial charge in [-0.25, -0.2) is 0 Å². The number of allylic oxidation sites excluding steroid dienone is 1. The van der Waals surface area contributed by atoms with Crippen LogP contribution in [-0.4, -0.2) is 16.6 Å². The van der Waals surface area contributed by atoms with E-state index in [1.54, 1.807) is 6.08 Å². The van der Waals surface area contributed by atoms with Crippen LogP contribution in [0.25, 0.3) is 6.08 Å². The molecular formula is C20H27ClO. The highest BCUT2D eigenvalue weighted by Gasteiger charge is 2.12. The van der Waals surface area contributed by atoms with Crippen molar-refractivity contribution in [3.63, 3.8) is 0 Å². The molecule has 22 heavy (non-hydrogen) atoms. The summed E-state index contributed by atoms with van der Waals surface area (Å²) in [6.07, 6.45) is 11.2. The second kappa shape index (κ2) is 12.3. The number of alkyl halides is 1. The Labute approximate surface area is 140 Å². The third kappa shape index (κ3) is 8.93. The van der Waals surface area contributed by atoms with Crippen molar-refractivity contribution in [2.75, 3.05) is 0 Å². The molecule has 2 heteroatoms. The first-order chi connectivity index (χ1) is 10.7. The molecule has 120 valence electrons. The molecule has 0 fully saturated rings. The number of rotatable bonds is 9. The van der Waals surface area contributed by atoms with Gasteiger partial charge in [-0.05, 0) is 24.1 Å². The fraction of sp³-hybridized carbons (Fsp3) is 0.500. The van der Waals surface area contributed by atoms with Crippen LogP contribution in [0.4, 0.5) is 0 Å². The molecule has 1 nitrogen and oxygen atoms in total. The average Bonchev–Trinajstić information content (AvgIpc) is 2.55. The summed E-state index contributed by atoms with van der Waals surface area (Å²) in [5.41, 5.74) is 1.10. The van der Waals surface area contributed by atoms with Crippen molar-refractivity contribution in [2.24, 2.45) is 0 Å². The zero-order chi connectivity index (χ0) is 16.0. The molecule has 1 aromatic rings. The van der Waals surface area contributed by atoms with Crippen LogP contribution in [0, 0.1) is 11.8 Å². The third-order valence-corrected chi connectivity index (χ3v) is 4.02. The van der Waals surface area contributed by atoms with E-state index in [2.05, 4.69) is 18.8 Å². The van der Waals surface area contributed by atoms with Gasteiger partial charge in [-0.15, -0.1) is 11.6 Å². The van der Waals surface area contributed by atoms with Crippen molar-refractivity contribution in [3.05, 3.63) is 42.0 Å². The Balaban J connectivity index is 2.22. The van der Waals surface area contributed by atoms with Crippen molar-refractivity contribution >= 4 is 17.7 Å². The van der Waals surface area contributed by atoms with Crippen molar-refractivity contribution in [2.45, 2.75) is 63.4 Å². The van der Waals surface area contributed by atoms with Crippen LogP contribution in [0.5, 0.6) is 0 Å². The lowest BCUT2D eigenvalue weighted by molar-refractivity contribution is 0.221. The van der Waals surface area contributed by atoms with Crippen LogP contribution in [0.15, 0.2) is 36.4 Å². The minimum atomic E-state index is -0.752. The topological polar surface area (TPSA) is 20.2 Å². The lowest BCUT2D eigenvalue weighted by atomic mass is 10.1. The summed E-state index contributed by atoms with van der Waals surface area (Å²) in [7, 11) is 0. The van der Waals surface area contributed by atoms with Crippen LogP contribution in [0.3, 0.4) is 0 Å². The molecule has 2 atom stereocenters. The minimum Gasteiger partial charge on any atom is -0.379 e. The predicted octanol–water partition coefficient (Wildman–Crippen LogP) is 5.42. The summed E-state index contributed by atoms with van der Waals surface area (Å²) in [6.45, 7) is 2.22. The van der Waals surface area contributed by atoms with Gasteiger partial charge in [0, 0.05) is 0 Å². The summed E-state index contributed by atoms with van der Waals surface area (Å²) in [4.78, 5) is 0. The molecular weight excluding hydrogens is 292 g/mol. The van der Waals surface area contributed by atoms with Crippen molar-refractivity contribution in [3.8, 4) is 11.8 Å². The second-order valence-electron chi connectivity index (χ2n) is 5.55. The maximum absolute atomic E-state index is 9.92. The highest BCUT2D eigenvalue weighted by molar-refractivity contribution is 6.21. The summed E-state index contributed by atoms with van der Waals surface area (Å²) < 4.78 is 0. The first-order valence-electron chi connectivity index (χ1n) is 8.29. The molecule has 0 saturated carbocycles. The normalized spacial score (nSPS) is 13.6. The third-order valence-electron chi connectivity index (χ3n) is 3.57. The Morgan fingerprint density at radius 2 is 1.77 bits per heavy atom. The maximum Gasteiger partial charge on any atom is 0.131 e. The average molecular weight is 319 g/mol. The van der Waals surface area contributed by atoms with Crippen LogP contribution < -0.4 is 0 Å². The second-order valence-corrected chi connectivity index (χ2v) is 6.11. The molecule has 0 heterocycles. The van der Waals surface area contributed by atoms with Gasteiger partial charge >= 0.3 is 0 Å². The van der Waals surface area contributed by atoms with E-state index < -0.39 is 6.10 Å². The lowest BCUT2D eigenvalue weighted by Crippen LogP contribution is -2.18. The van der Waals surface area contributed by atoms with E-state index in [1.165, 1.54) is 32.1 Å². The van der Waals surface area contributed by atoms with Crippen LogP contribution in [0.2, 0.25) is 0 Å². The molecule has 0 amide bonds. The summed E-state index contributed by atoms with van der Waals surface area (Å²) >= 11 is 6.19. The summed E-state index contributed by atoms with van der Waals surface area (Å²) in [5, 5.41) is 9.64. The molecule has 0 aliphatic heterocycles. The Morgan fingerprint density at radius 3 is 2.50 bits per heavy atom. The van der Waals surface area contributed by atoms with E-state index >= 15 is 0 Å². The minimum absolute atomic E-state index is 0.274. The number of benzene rings is 1. The smallest absolute Gasteiger partial charge is 0.131 e. The van der Waals surface area contributed by atoms with E-state index in [1.807, 2.05) is 36.4 Å². The number of halogens is 1. The zero-order valence-electron chi connectivity index (χ0n) is 13.5. The Bertz CT molecular complexity index is 469. The molecule has 0 aliphatic rings. The first kappa shape index (κ1) is 18.8. The highest BCUT2D eigenvalue weighted by Crippen LogP contribution is 2.14. The van der Waals surface area contributed by atoms with Crippen molar-refractivity contribution < 1.29 is 5.11 Å². The van der Waals surface area contributed by atoms with Gasteiger partial charge in [0.05, 0.1) is 5.38 Å². The monoisotopic (exact) mass is 318 g/mol. The molecule has 0 bridgehead atoms. The Morgan fingerprint density at radius 1 is 1.09 bits per heavy atom. The molecule has 0 aliphatic carbocycles. The van der Waals surface area contributed by atoms with Gasteiger partial charge in [0.2, 0.25) is 0 Å². The Kier molecular flexibility index (Phi) is 10.5. The van der Waals surface area contributed by atoms with Gasteiger partial charge in [0.15, 0.2) is 0 Å². The molecule has 1 N–H and O–H groups in total. The van der Waals surface area contributed by atoms with Crippen molar-refractivity contribution in [1.29, 1.82) is 0 Å². The van der Waals surface area contributed by atoms with Crippen LogP contribution >= 0.6 is 11.6 Å². The number of hydrogen-bond acceptors (Lipinski definition) is 1.